The van der Waals surface area contributed by atoms with Crippen molar-refractivity contribution in [3.63, 3.8) is 0 Å². The normalized spacial score (nSPS) is 14.1. The molecule has 0 fully saturated rings. The lowest BCUT2D eigenvalue weighted by Gasteiger charge is -2.22. The smallest absolute Gasteiger partial charge is 0.155 e. The molecule has 0 saturated heterocycles. The summed E-state index contributed by atoms with van der Waals surface area (Å²) in [5, 5.41) is 0. The van der Waals surface area contributed by atoms with E-state index in [1.807, 2.05) is 37.3 Å². The first-order valence-electron chi connectivity index (χ1n) is 7.01. The van der Waals surface area contributed by atoms with Gasteiger partial charge in [0.2, 0.25) is 0 Å². The molecule has 0 radical (unpaired) electrons. The fraction of sp³-hybridized carbons (Fsp3) is 0.353. The fourth-order valence-corrected chi connectivity index (χ4v) is 2.07. The van der Waals surface area contributed by atoms with Gasteiger partial charge in [-0.1, -0.05) is 32.0 Å². The van der Waals surface area contributed by atoms with Gasteiger partial charge in [0.05, 0.1) is 5.69 Å². The van der Waals surface area contributed by atoms with Crippen molar-refractivity contribution >= 4 is 0 Å². The zero-order valence-corrected chi connectivity index (χ0v) is 12.3. The molecule has 2 rings (SSSR count). The monoisotopic (exact) mass is 270 g/mol. The van der Waals surface area contributed by atoms with Crippen molar-refractivity contribution in [1.82, 2.24) is 4.98 Å². The number of benzene rings is 1. The molecule has 0 saturated carbocycles. The Morgan fingerprint density at radius 1 is 1.05 bits per heavy atom. The third kappa shape index (κ3) is 3.58. The van der Waals surface area contributed by atoms with E-state index in [1.165, 1.54) is 5.56 Å². The number of nitrogens with zero attached hydrogens (tertiary/aromatic N) is 1. The number of nitrogens with two attached hydrogens (primary N) is 1. The molecule has 2 atom stereocenters. The van der Waals surface area contributed by atoms with Gasteiger partial charge < -0.3 is 10.5 Å². The Labute approximate surface area is 120 Å². The Morgan fingerprint density at radius 3 is 2.45 bits per heavy atom. The summed E-state index contributed by atoms with van der Waals surface area (Å²) in [7, 11) is 0. The van der Waals surface area contributed by atoms with E-state index in [0.29, 0.717) is 5.92 Å². The molecular formula is C17H22N2O. The minimum Gasteiger partial charge on any atom is -0.482 e. The number of hydrogen-bond acceptors (Lipinski definition) is 3. The number of pyridine rings is 1. The molecule has 1 aromatic carbocycles. The lowest BCUT2D eigenvalue weighted by Crippen LogP contribution is -2.29. The zero-order valence-electron chi connectivity index (χ0n) is 12.3. The molecule has 20 heavy (non-hydrogen) atoms. The molecule has 0 spiro atoms. The van der Waals surface area contributed by atoms with Crippen molar-refractivity contribution in [2.75, 3.05) is 0 Å². The van der Waals surface area contributed by atoms with E-state index in [1.54, 1.807) is 6.20 Å². The Hall–Kier alpha value is -1.87. The molecule has 1 heterocycles. The van der Waals surface area contributed by atoms with Crippen LogP contribution < -0.4 is 10.5 Å². The maximum Gasteiger partial charge on any atom is 0.155 e. The maximum atomic E-state index is 6.07. The van der Waals surface area contributed by atoms with Crippen LogP contribution in [0, 0.1) is 0 Å². The van der Waals surface area contributed by atoms with E-state index in [4.69, 9.17) is 10.5 Å². The van der Waals surface area contributed by atoms with Gasteiger partial charge in [-0.15, -0.1) is 0 Å². The first-order valence-corrected chi connectivity index (χ1v) is 7.01. The molecule has 3 nitrogen and oxygen atoms in total. The summed E-state index contributed by atoms with van der Waals surface area (Å²) in [5.74, 6) is 1.31. The summed E-state index contributed by atoms with van der Waals surface area (Å²) in [6.07, 6.45) is 1.53. The summed E-state index contributed by atoms with van der Waals surface area (Å²) in [6.45, 7) is 6.27. The van der Waals surface area contributed by atoms with E-state index in [9.17, 15) is 0 Å². The predicted molar refractivity (Wildman–Crippen MR) is 81.8 cm³/mol. The quantitative estimate of drug-likeness (QED) is 0.901. The van der Waals surface area contributed by atoms with Crippen molar-refractivity contribution in [3.8, 4) is 5.75 Å². The molecule has 106 valence electrons. The molecule has 0 aliphatic heterocycles. The molecule has 0 amide bonds. The zero-order chi connectivity index (χ0) is 14.5. The average molecular weight is 270 g/mol. The lowest BCUT2D eigenvalue weighted by atomic mass is 10.0. The van der Waals surface area contributed by atoms with Gasteiger partial charge in [0, 0.05) is 12.2 Å². The highest BCUT2D eigenvalue weighted by Gasteiger charge is 2.19. The summed E-state index contributed by atoms with van der Waals surface area (Å²) in [4.78, 5) is 4.35. The third-order valence-electron chi connectivity index (χ3n) is 3.24. The van der Waals surface area contributed by atoms with Crippen LogP contribution in [0.25, 0.3) is 0 Å². The molecular weight excluding hydrogens is 248 g/mol. The highest BCUT2D eigenvalue weighted by Crippen LogP contribution is 2.26. The van der Waals surface area contributed by atoms with Crippen LogP contribution in [-0.4, -0.2) is 11.0 Å². The summed E-state index contributed by atoms with van der Waals surface area (Å²) in [5.41, 5.74) is 8.16. The predicted octanol–water partition coefficient (Wildman–Crippen LogP) is 3.67. The second kappa shape index (κ2) is 6.53. The van der Waals surface area contributed by atoms with Gasteiger partial charge in [-0.05, 0) is 42.7 Å². The van der Waals surface area contributed by atoms with Crippen molar-refractivity contribution in [2.24, 2.45) is 5.73 Å². The van der Waals surface area contributed by atoms with Gasteiger partial charge in [-0.25, -0.2) is 0 Å². The lowest BCUT2D eigenvalue weighted by molar-refractivity contribution is 0.175. The van der Waals surface area contributed by atoms with E-state index < -0.39 is 0 Å². The topological polar surface area (TPSA) is 48.1 Å². The summed E-state index contributed by atoms with van der Waals surface area (Å²) in [6, 6.07) is 13.8. The van der Waals surface area contributed by atoms with Crippen LogP contribution in [0.4, 0.5) is 0 Å². The van der Waals surface area contributed by atoms with Crippen molar-refractivity contribution in [3.05, 3.63) is 59.9 Å². The third-order valence-corrected chi connectivity index (χ3v) is 3.24. The van der Waals surface area contributed by atoms with Crippen LogP contribution in [0.3, 0.4) is 0 Å². The first kappa shape index (κ1) is 14.5. The highest BCUT2D eigenvalue weighted by atomic mass is 16.5. The molecule has 3 heteroatoms. The van der Waals surface area contributed by atoms with E-state index >= 15 is 0 Å². The minimum absolute atomic E-state index is 0.132. The Morgan fingerprint density at radius 2 is 1.85 bits per heavy atom. The largest absolute Gasteiger partial charge is 0.482 e. The summed E-state index contributed by atoms with van der Waals surface area (Å²) < 4.78 is 6.07. The van der Waals surface area contributed by atoms with Crippen LogP contribution in [0.2, 0.25) is 0 Å². The van der Waals surface area contributed by atoms with Gasteiger partial charge in [-0.3, -0.25) is 4.98 Å². The maximum absolute atomic E-state index is 6.07. The molecule has 0 aliphatic rings. The molecule has 2 N–H and O–H groups in total. The van der Waals surface area contributed by atoms with Crippen molar-refractivity contribution in [1.29, 1.82) is 0 Å². The average Bonchev–Trinajstić information content (AvgIpc) is 2.45. The SMILES string of the molecule is CC(C)c1cccc(OC(c2ccccn2)C(C)N)c1. The Bertz CT molecular complexity index is 538. The van der Waals surface area contributed by atoms with Crippen LogP contribution in [0.15, 0.2) is 48.7 Å². The van der Waals surface area contributed by atoms with E-state index in [2.05, 4.69) is 31.0 Å². The molecule has 2 unspecified atom stereocenters. The Kier molecular flexibility index (Phi) is 4.74. The fourth-order valence-electron chi connectivity index (χ4n) is 2.07. The van der Waals surface area contributed by atoms with Crippen LogP contribution in [0.5, 0.6) is 5.75 Å². The molecule has 1 aromatic heterocycles. The molecule has 2 aromatic rings. The number of rotatable bonds is 5. The van der Waals surface area contributed by atoms with E-state index in [0.717, 1.165) is 11.4 Å². The van der Waals surface area contributed by atoms with Crippen LogP contribution in [0.1, 0.15) is 44.1 Å². The van der Waals surface area contributed by atoms with Gasteiger partial charge in [0.1, 0.15) is 5.75 Å². The van der Waals surface area contributed by atoms with Gasteiger partial charge in [0.25, 0.3) is 0 Å². The number of ether oxygens (including phenoxy) is 1. The first-order chi connectivity index (χ1) is 9.58. The van der Waals surface area contributed by atoms with Gasteiger partial charge in [0.15, 0.2) is 6.10 Å². The number of aromatic nitrogens is 1. The molecule has 0 bridgehead atoms. The minimum atomic E-state index is -0.237. The van der Waals surface area contributed by atoms with E-state index in [-0.39, 0.29) is 12.1 Å². The van der Waals surface area contributed by atoms with Crippen molar-refractivity contribution in [2.45, 2.75) is 38.8 Å². The number of hydrogen-bond donors (Lipinski definition) is 1. The van der Waals surface area contributed by atoms with Crippen molar-refractivity contribution < 1.29 is 4.74 Å². The highest BCUT2D eigenvalue weighted by molar-refractivity contribution is 5.31. The van der Waals surface area contributed by atoms with Crippen LogP contribution in [-0.2, 0) is 0 Å². The second-order valence-electron chi connectivity index (χ2n) is 5.38. The van der Waals surface area contributed by atoms with Crippen LogP contribution >= 0.6 is 0 Å². The van der Waals surface area contributed by atoms with Gasteiger partial charge >= 0.3 is 0 Å². The van der Waals surface area contributed by atoms with Gasteiger partial charge in [-0.2, -0.15) is 0 Å². The Balaban J connectivity index is 2.23. The molecule has 0 aliphatic carbocycles. The second-order valence-corrected chi connectivity index (χ2v) is 5.38. The standard InChI is InChI=1S/C17H22N2O/c1-12(2)14-7-6-8-15(11-14)20-17(13(3)18)16-9-4-5-10-19-16/h4-13,17H,18H2,1-3H3. The summed E-state index contributed by atoms with van der Waals surface area (Å²) >= 11 is 0.